The lowest BCUT2D eigenvalue weighted by Crippen LogP contribution is -2.10. The van der Waals surface area contributed by atoms with Crippen molar-refractivity contribution in [2.24, 2.45) is 0 Å². The van der Waals surface area contributed by atoms with E-state index < -0.39 is 0 Å². The molecule has 0 saturated heterocycles. The van der Waals surface area contributed by atoms with Crippen molar-refractivity contribution in [1.82, 2.24) is 5.16 Å². The van der Waals surface area contributed by atoms with Crippen LogP contribution >= 0.6 is 12.4 Å². The van der Waals surface area contributed by atoms with Gasteiger partial charge in [0.15, 0.2) is 0 Å². The molecule has 0 unspecified atom stereocenters. The summed E-state index contributed by atoms with van der Waals surface area (Å²) in [6.45, 7) is 6.18. The summed E-state index contributed by atoms with van der Waals surface area (Å²) in [6, 6.07) is 1.75. The van der Waals surface area contributed by atoms with Crippen LogP contribution in [0.5, 0.6) is 0 Å². The van der Waals surface area contributed by atoms with Crippen molar-refractivity contribution in [3.05, 3.63) is 11.8 Å². The molecule has 1 rings (SSSR count). The lowest BCUT2D eigenvalue weighted by atomic mass is 9.92. The number of nitrogen functional groups attached to an aromatic ring is 1. The molecule has 0 spiro atoms. The molecule has 3 nitrogen and oxygen atoms in total. The van der Waals surface area contributed by atoms with Gasteiger partial charge in [-0.2, -0.15) is 0 Å². The second-order valence-corrected chi connectivity index (χ2v) is 3.36. The largest absolute Gasteiger partial charge is 0.368 e. The summed E-state index contributed by atoms with van der Waals surface area (Å²) in [5, 5.41) is 3.79. The zero-order valence-electron chi connectivity index (χ0n) is 6.92. The molecule has 0 fully saturated rings. The first-order valence-corrected chi connectivity index (χ1v) is 3.23. The van der Waals surface area contributed by atoms with Gasteiger partial charge < -0.3 is 10.3 Å². The number of hydrogen-bond acceptors (Lipinski definition) is 3. The Balaban J connectivity index is 0.000001000. The Morgan fingerprint density at radius 3 is 2.18 bits per heavy atom. The third-order valence-electron chi connectivity index (χ3n) is 1.30. The summed E-state index contributed by atoms with van der Waals surface area (Å²) in [4.78, 5) is 0. The molecular weight excluding hydrogens is 164 g/mol. The van der Waals surface area contributed by atoms with Crippen LogP contribution in [-0.2, 0) is 5.41 Å². The maximum absolute atomic E-state index is 5.35. The molecule has 1 aromatic rings. The highest BCUT2D eigenvalue weighted by Gasteiger charge is 2.17. The number of nitrogens with zero attached hydrogens (tertiary/aromatic N) is 1. The van der Waals surface area contributed by atoms with Gasteiger partial charge in [0.1, 0.15) is 0 Å². The van der Waals surface area contributed by atoms with Crippen LogP contribution in [0.15, 0.2) is 10.6 Å². The first-order chi connectivity index (χ1) is 4.50. The highest BCUT2D eigenvalue weighted by molar-refractivity contribution is 5.85. The van der Waals surface area contributed by atoms with Crippen LogP contribution in [0, 0.1) is 0 Å². The van der Waals surface area contributed by atoms with E-state index in [4.69, 9.17) is 10.3 Å². The van der Waals surface area contributed by atoms with E-state index in [9.17, 15) is 0 Å². The summed E-state index contributed by atoms with van der Waals surface area (Å²) >= 11 is 0. The van der Waals surface area contributed by atoms with Crippen molar-refractivity contribution >= 4 is 18.3 Å². The second kappa shape index (κ2) is 3.13. The molecule has 64 valence electrons. The highest BCUT2D eigenvalue weighted by atomic mass is 35.5. The summed E-state index contributed by atoms with van der Waals surface area (Å²) in [5.41, 5.74) is 6.27. The minimum absolute atomic E-state index is 0. The number of halogens is 1. The minimum Gasteiger partial charge on any atom is -0.368 e. The first-order valence-electron chi connectivity index (χ1n) is 3.23. The molecular formula is C7H13ClN2O. The van der Waals surface area contributed by atoms with E-state index in [0.29, 0.717) is 5.88 Å². The van der Waals surface area contributed by atoms with Crippen LogP contribution in [0.2, 0.25) is 0 Å². The van der Waals surface area contributed by atoms with Gasteiger partial charge in [0.05, 0.1) is 5.69 Å². The predicted molar refractivity (Wildman–Crippen MR) is 46.9 cm³/mol. The average Bonchev–Trinajstić information content (AvgIpc) is 2.11. The molecule has 1 heterocycles. The van der Waals surface area contributed by atoms with Gasteiger partial charge in [-0.1, -0.05) is 25.9 Å². The topological polar surface area (TPSA) is 52.0 Å². The molecule has 0 aromatic carbocycles. The number of nitrogens with two attached hydrogens (primary N) is 1. The normalized spacial score (nSPS) is 10.8. The van der Waals surface area contributed by atoms with Crippen molar-refractivity contribution in [2.45, 2.75) is 26.2 Å². The number of rotatable bonds is 0. The van der Waals surface area contributed by atoms with Gasteiger partial charge >= 0.3 is 0 Å². The van der Waals surface area contributed by atoms with Crippen molar-refractivity contribution in [2.75, 3.05) is 5.73 Å². The van der Waals surface area contributed by atoms with Crippen LogP contribution < -0.4 is 5.73 Å². The van der Waals surface area contributed by atoms with Crippen LogP contribution in [0.4, 0.5) is 5.88 Å². The third-order valence-corrected chi connectivity index (χ3v) is 1.30. The molecule has 11 heavy (non-hydrogen) atoms. The number of anilines is 1. The molecule has 1 aromatic heterocycles. The zero-order valence-corrected chi connectivity index (χ0v) is 7.73. The van der Waals surface area contributed by atoms with Crippen LogP contribution in [0.1, 0.15) is 26.5 Å². The summed E-state index contributed by atoms with van der Waals surface area (Å²) < 4.78 is 4.72. The maximum atomic E-state index is 5.35. The smallest absolute Gasteiger partial charge is 0.222 e. The molecule has 0 aliphatic rings. The Morgan fingerprint density at radius 1 is 1.45 bits per heavy atom. The Hall–Kier alpha value is -0.700. The average molecular weight is 177 g/mol. The van der Waals surface area contributed by atoms with Crippen LogP contribution in [-0.4, -0.2) is 5.16 Å². The van der Waals surface area contributed by atoms with E-state index in [-0.39, 0.29) is 17.8 Å². The molecule has 2 N–H and O–H groups in total. The lowest BCUT2D eigenvalue weighted by Gasteiger charge is -2.12. The lowest BCUT2D eigenvalue weighted by molar-refractivity contribution is 0.405. The molecule has 0 radical (unpaired) electrons. The maximum Gasteiger partial charge on any atom is 0.222 e. The molecule has 0 aliphatic heterocycles. The number of hydrogen-bond donors (Lipinski definition) is 1. The van der Waals surface area contributed by atoms with Gasteiger partial charge in [0.25, 0.3) is 0 Å². The number of aromatic nitrogens is 1. The molecule has 0 amide bonds. The molecule has 0 aliphatic carbocycles. The first kappa shape index (κ1) is 10.3. The monoisotopic (exact) mass is 176 g/mol. The fraction of sp³-hybridized carbons (Fsp3) is 0.571. The van der Waals surface area contributed by atoms with Gasteiger partial charge in [-0.3, -0.25) is 0 Å². The van der Waals surface area contributed by atoms with Gasteiger partial charge in [-0.15, -0.1) is 12.4 Å². The van der Waals surface area contributed by atoms with Crippen molar-refractivity contribution in [3.63, 3.8) is 0 Å². The van der Waals surface area contributed by atoms with E-state index in [0.717, 1.165) is 5.69 Å². The summed E-state index contributed by atoms with van der Waals surface area (Å²) in [7, 11) is 0. The van der Waals surface area contributed by atoms with Crippen molar-refractivity contribution in [3.8, 4) is 0 Å². The van der Waals surface area contributed by atoms with Gasteiger partial charge in [-0.25, -0.2) is 0 Å². The SMILES string of the molecule is CC(C)(C)c1cc(N)on1.Cl. The predicted octanol–water partition coefficient (Wildman–Crippen LogP) is 1.98. The second-order valence-electron chi connectivity index (χ2n) is 3.36. The Bertz CT molecular complexity index is 227. The van der Waals surface area contributed by atoms with Crippen molar-refractivity contribution in [1.29, 1.82) is 0 Å². The molecule has 0 saturated carbocycles. The van der Waals surface area contributed by atoms with Crippen LogP contribution in [0.25, 0.3) is 0 Å². The summed E-state index contributed by atoms with van der Waals surface area (Å²) in [5.74, 6) is 0.380. The van der Waals surface area contributed by atoms with Gasteiger partial charge in [0, 0.05) is 11.5 Å². The van der Waals surface area contributed by atoms with E-state index in [1.807, 2.05) is 0 Å². The fourth-order valence-corrected chi connectivity index (χ4v) is 0.643. The van der Waals surface area contributed by atoms with Gasteiger partial charge in [0.2, 0.25) is 5.88 Å². The third kappa shape index (κ3) is 2.42. The Kier molecular flexibility index (Phi) is 2.93. The van der Waals surface area contributed by atoms with E-state index in [1.54, 1.807) is 6.07 Å². The van der Waals surface area contributed by atoms with Crippen LogP contribution in [0.3, 0.4) is 0 Å². The quantitative estimate of drug-likeness (QED) is 0.658. The van der Waals surface area contributed by atoms with Crippen molar-refractivity contribution < 1.29 is 4.52 Å². The Labute approximate surface area is 72.3 Å². The molecule has 4 heteroatoms. The Morgan fingerprint density at radius 2 is 2.00 bits per heavy atom. The molecule has 0 atom stereocenters. The zero-order chi connectivity index (χ0) is 7.78. The molecule has 0 bridgehead atoms. The van der Waals surface area contributed by atoms with E-state index >= 15 is 0 Å². The van der Waals surface area contributed by atoms with E-state index in [1.165, 1.54) is 0 Å². The van der Waals surface area contributed by atoms with E-state index in [2.05, 4.69) is 25.9 Å². The minimum atomic E-state index is 0. The highest BCUT2D eigenvalue weighted by Crippen LogP contribution is 2.21. The standard InChI is InChI=1S/C7H12N2O.ClH/c1-7(2,3)5-4-6(8)10-9-5;/h4H,8H2,1-3H3;1H. The fourth-order valence-electron chi connectivity index (χ4n) is 0.643. The van der Waals surface area contributed by atoms with Gasteiger partial charge in [-0.05, 0) is 0 Å². The summed E-state index contributed by atoms with van der Waals surface area (Å²) in [6.07, 6.45) is 0.